The summed E-state index contributed by atoms with van der Waals surface area (Å²) < 4.78 is 0. The number of fused-ring (bicyclic) bond motifs is 1. The van der Waals surface area contributed by atoms with Crippen molar-refractivity contribution in [3.05, 3.63) is 39.6 Å². The fourth-order valence-corrected chi connectivity index (χ4v) is 4.40. The minimum atomic E-state index is -0.0571. The maximum atomic E-state index is 12.7. The highest BCUT2D eigenvalue weighted by Gasteiger charge is 2.29. The third-order valence-electron chi connectivity index (χ3n) is 5.01. The van der Waals surface area contributed by atoms with Crippen molar-refractivity contribution < 1.29 is 9.59 Å². The Hall–Kier alpha value is -2.35. The average Bonchev–Trinajstić information content (AvgIpc) is 3.29. The molecule has 0 unspecified atom stereocenters. The second-order valence-corrected chi connectivity index (χ2v) is 7.88. The van der Waals surface area contributed by atoms with Crippen LogP contribution in [0.5, 0.6) is 0 Å². The van der Waals surface area contributed by atoms with Crippen molar-refractivity contribution in [2.75, 3.05) is 19.6 Å². The minimum absolute atomic E-state index is 0.00469. The van der Waals surface area contributed by atoms with E-state index in [1.807, 2.05) is 34.2 Å². The number of nitrogens with zero attached hydrogens (tertiary/aromatic N) is 3. The fraction of sp³-hybridized carbons (Fsp3) is 0.500. The van der Waals surface area contributed by atoms with Crippen molar-refractivity contribution in [3.8, 4) is 0 Å². The lowest BCUT2D eigenvalue weighted by molar-refractivity contribution is 0.0698. The number of amides is 3. The number of hydrogen-bond acceptors (Lipinski definition) is 4. The van der Waals surface area contributed by atoms with Gasteiger partial charge in [0.25, 0.3) is 5.91 Å². The summed E-state index contributed by atoms with van der Waals surface area (Å²) in [5.74, 6) is 0.960. The molecule has 1 atom stereocenters. The number of aryl methyl sites for hydroxylation is 1. The molecule has 2 aromatic rings. The second kappa shape index (κ2) is 7.11. The summed E-state index contributed by atoms with van der Waals surface area (Å²) >= 11 is 1.46. The summed E-state index contributed by atoms with van der Waals surface area (Å²) in [5, 5.41) is 5.03. The van der Waals surface area contributed by atoms with Gasteiger partial charge in [0.2, 0.25) is 0 Å². The number of piperidine rings is 1. The zero-order valence-corrected chi connectivity index (χ0v) is 15.6. The zero-order chi connectivity index (χ0) is 18.1. The predicted molar refractivity (Wildman–Crippen MR) is 99.2 cm³/mol. The molecule has 0 radical (unpaired) electrons. The van der Waals surface area contributed by atoms with E-state index in [0.29, 0.717) is 19.6 Å². The molecule has 0 aromatic carbocycles. The Balaban J connectivity index is 1.35. The number of nitrogens with one attached hydrogen (secondary N) is 2. The number of likely N-dealkylation sites (tertiary alicyclic amines) is 1. The third kappa shape index (κ3) is 3.46. The van der Waals surface area contributed by atoms with Crippen LogP contribution < -0.4 is 5.32 Å². The second-order valence-electron chi connectivity index (χ2n) is 6.94. The molecule has 138 valence electrons. The Bertz CT molecular complexity index is 801. The first-order chi connectivity index (χ1) is 12.6. The Labute approximate surface area is 156 Å². The van der Waals surface area contributed by atoms with Gasteiger partial charge in [-0.3, -0.25) is 4.79 Å². The van der Waals surface area contributed by atoms with Gasteiger partial charge in [0, 0.05) is 32.1 Å². The van der Waals surface area contributed by atoms with Gasteiger partial charge in [-0.15, -0.1) is 11.3 Å². The van der Waals surface area contributed by atoms with Crippen LogP contribution in [0.3, 0.4) is 0 Å². The molecule has 0 bridgehead atoms. The zero-order valence-electron chi connectivity index (χ0n) is 14.8. The lowest BCUT2D eigenvalue weighted by Gasteiger charge is -2.35. The van der Waals surface area contributed by atoms with Crippen molar-refractivity contribution in [2.45, 2.75) is 38.8 Å². The van der Waals surface area contributed by atoms with Gasteiger partial charge in [-0.25, -0.2) is 9.78 Å². The third-order valence-corrected chi connectivity index (χ3v) is 5.86. The maximum absolute atomic E-state index is 12.7. The van der Waals surface area contributed by atoms with Crippen molar-refractivity contribution >= 4 is 23.3 Å². The summed E-state index contributed by atoms with van der Waals surface area (Å²) in [7, 11) is 0. The number of carbonyl (C=O) groups excluding carboxylic acids is 2. The molecule has 4 rings (SSSR count). The van der Waals surface area contributed by atoms with Crippen molar-refractivity contribution in [1.29, 1.82) is 0 Å². The number of rotatable bonds is 2. The summed E-state index contributed by atoms with van der Waals surface area (Å²) in [6, 6.07) is 3.69. The molecular weight excluding hydrogens is 350 g/mol. The first kappa shape index (κ1) is 17.1. The molecule has 0 aliphatic carbocycles. The van der Waals surface area contributed by atoms with E-state index < -0.39 is 0 Å². The molecule has 0 saturated carbocycles. The van der Waals surface area contributed by atoms with Crippen LogP contribution in [-0.2, 0) is 13.0 Å². The van der Waals surface area contributed by atoms with Crippen LogP contribution in [0, 0.1) is 6.92 Å². The molecule has 2 aliphatic rings. The highest BCUT2D eigenvalue weighted by molar-refractivity contribution is 7.12. The predicted octanol–water partition coefficient (Wildman–Crippen LogP) is 2.15. The maximum Gasteiger partial charge on any atom is 0.318 e. The smallest absolute Gasteiger partial charge is 0.318 e. The fourth-order valence-electron chi connectivity index (χ4n) is 3.71. The standard InChI is InChI=1S/C18H23N5O2S/c1-12-19-14-6-8-23(11-15(14)20-12)18(25)21-13-4-2-7-22(10-13)17(24)16-5-3-9-26-16/h3,5,9,13H,2,4,6-8,10-11H2,1H3,(H,19,20)(H,21,25)/t13-/m1/s1. The molecule has 8 heteroatoms. The molecule has 1 fully saturated rings. The van der Waals surface area contributed by atoms with Gasteiger partial charge in [0.05, 0.1) is 22.8 Å². The Morgan fingerprint density at radius 2 is 2.23 bits per heavy atom. The van der Waals surface area contributed by atoms with Gasteiger partial charge in [-0.05, 0) is 31.2 Å². The molecule has 4 heterocycles. The van der Waals surface area contributed by atoms with Crippen molar-refractivity contribution in [2.24, 2.45) is 0 Å². The number of aromatic amines is 1. The number of carbonyl (C=O) groups is 2. The molecule has 3 amide bonds. The lowest BCUT2D eigenvalue weighted by atomic mass is 10.1. The van der Waals surface area contributed by atoms with E-state index in [9.17, 15) is 9.59 Å². The van der Waals surface area contributed by atoms with E-state index in [4.69, 9.17) is 0 Å². The molecule has 2 aliphatic heterocycles. The average molecular weight is 373 g/mol. The van der Waals surface area contributed by atoms with Crippen LogP contribution in [0.2, 0.25) is 0 Å². The van der Waals surface area contributed by atoms with Crippen LogP contribution in [0.4, 0.5) is 4.79 Å². The Morgan fingerprint density at radius 3 is 3.04 bits per heavy atom. The summed E-state index contributed by atoms with van der Waals surface area (Å²) in [5.41, 5.74) is 2.10. The molecular formula is C18H23N5O2S. The SMILES string of the molecule is Cc1nc2c([nH]1)CN(C(=O)N[C@@H]1CCCN(C(=O)c3cccs3)C1)CC2. The van der Waals surface area contributed by atoms with Crippen LogP contribution in [-0.4, -0.2) is 57.4 Å². The minimum Gasteiger partial charge on any atom is -0.344 e. The van der Waals surface area contributed by atoms with Crippen LogP contribution in [0.25, 0.3) is 0 Å². The van der Waals surface area contributed by atoms with Crippen LogP contribution >= 0.6 is 11.3 Å². The Kier molecular flexibility index (Phi) is 4.67. The van der Waals surface area contributed by atoms with Gasteiger partial charge in [0.1, 0.15) is 5.82 Å². The number of hydrogen-bond donors (Lipinski definition) is 2. The van der Waals surface area contributed by atoms with E-state index in [1.165, 1.54) is 11.3 Å². The molecule has 2 N–H and O–H groups in total. The van der Waals surface area contributed by atoms with Gasteiger partial charge in [-0.1, -0.05) is 6.07 Å². The number of H-pyrrole nitrogens is 1. The first-order valence-corrected chi connectivity index (χ1v) is 9.90. The van der Waals surface area contributed by atoms with E-state index in [2.05, 4.69) is 15.3 Å². The van der Waals surface area contributed by atoms with Crippen molar-refractivity contribution in [3.63, 3.8) is 0 Å². The van der Waals surface area contributed by atoms with Gasteiger partial charge in [0.15, 0.2) is 0 Å². The summed E-state index contributed by atoms with van der Waals surface area (Å²) in [6.45, 7) is 4.50. The quantitative estimate of drug-likeness (QED) is 0.846. The topological polar surface area (TPSA) is 81.3 Å². The van der Waals surface area contributed by atoms with E-state index in [0.717, 1.165) is 47.9 Å². The van der Waals surface area contributed by atoms with E-state index in [-0.39, 0.29) is 18.0 Å². The first-order valence-electron chi connectivity index (χ1n) is 9.03. The Morgan fingerprint density at radius 1 is 1.35 bits per heavy atom. The highest BCUT2D eigenvalue weighted by atomic mass is 32.1. The highest BCUT2D eigenvalue weighted by Crippen LogP contribution is 2.19. The molecule has 26 heavy (non-hydrogen) atoms. The number of imidazole rings is 1. The monoisotopic (exact) mass is 373 g/mol. The van der Waals surface area contributed by atoms with E-state index in [1.54, 1.807) is 0 Å². The van der Waals surface area contributed by atoms with Gasteiger partial charge in [-0.2, -0.15) is 0 Å². The van der Waals surface area contributed by atoms with Crippen molar-refractivity contribution in [1.82, 2.24) is 25.1 Å². The summed E-state index contributed by atoms with van der Waals surface area (Å²) in [6.07, 6.45) is 2.59. The number of aromatic nitrogens is 2. The lowest BCUT2D eigenvalue weighted by Crippen LogP contribution is -2.53. The molecule has 7 nitrogen and oxygen atoms in total. The van der Waals surface area contributed by atoms with Crippen LogP contribution in [0.1, 0.15) is 39.7 Å². The number of thiophene rings is 1. The molecule has 2 aromatic heterocycles. The largest absolute Gasteiger partial charge is 0.344 e. The van der Waals surface area contributed by atoms with E-state index >= 15 is 0 Å². The van der Waals surface area contributed by atoms with Gasteiger partial charge >= 0.3 is 6.03 Å². The van der Waals surface area contributed by atoms with Crippen LogP contribution in [0.15, 0.2) is 17.5 Å². The summed E-state index contributed by atoms with van der Waals surface area (Å²) in [4.78, 5) is 37.3. The van der Waals surface area contributed by atoms with Gasteiger partial charge < -0.3 is 20.1 Å². The molecule has 0 spiro atoms. The molecule has 1 saturated heterocycles. The normalized spacial score (nSPS) is 20.0. The number of urea groups is 1.